The van der Waals surface area contributed by atoms with E-state index in [-0.39, 0.29) is 28.7 Å². The highest BCUT2D eigenvalue weighted by Gasteiger charge is 2.43. The van der Waals surface area contributed by atoms with Crippen LogP contribution in [0.4, 0.5) is 11.4 Å². The van der Waals surface area contributed by atoms with Crippen LogP contribution < -0.4 is 16.0 Å². The van der Waals surface area contributed by atoms with Crippen LogP contribution in [0.5, 0.6) is 0 Å². The second-order valence-corrected chi connectivity index (χ2v) is 8.23. The average Bonchev–Trinajstić information content (AvgIpc) is 3.48. The maximum Gasteiger partial charge on any atom is 0.355 e. The van der Waals surface area contributed by atoms with Gasteiger partial charge in [-0.25, -0.2) is 9.59 Å². The highest BCUT2D eigenvalue weighted by Crippen LogP contribution is 2.45. The number of ether oxygens (including phenoxy) is 2. The third-order valence-electron chi connectivity index (χ3n) is 6.10. The number of esters is 2. The van der Waals surface area contributed by atoms with E-state index in [1.807, 2.05) is 25.1 Å². The maximum absolute atomic E-state index is 13.3. The van der Waals surface area contributed by atoms with Gasteiger partial charge in [-0.2, -0.15) is 5.26 Å². The number of allylic oxidation sites excluding steroid dienone is 1. The molecule has 2 heterocycles. The summed E-state index contributed by atoms with van der Waals surface area (Å²) in [5.74, 6) is -1.85. The molecular weight excluding hydrogens is 472 g/mol. The first-order valence-corrected chi connectivity index (χ1v) is 11.5. The molecule has 3 N–H and O–H groups in total. The van der Waals surface area contributed by atoms with Crippen LogP contribution in [0.25, 0.3) is 0 Å². The predicted octanol–water partition coefficient (Wildman–Crippen LogP) is 4.35. The van der Waals surface area contributed by atoms with Crippen molar-refractivity contribution in [1.29, 1.82) is 5.26 Å². The van der Waals surface area contributed by atoms with Crippen molar-refractivity contribution in [2.45, 2.75) is 18.9 Å². The lowest BCUT2D eigenvalue weighted by Crippen LogP contribution is -2.41. The Morgan fingerprint density at radius 3 is 2.32 bits per heavy atom. The van der Waals surface area contributed by atoms with Gasteiger partial charge in [0.05, 0.1) is 61.0 Å². The molecular formula is C28H26N4O5. The van der Waals surface area contributed by atoms with Crippen LogP contribution in [0.15, 0.2) is 100 Å². The van der Waals surface area contributed by atoms with E-state index in [0.29, 0.717) is 22.7 Å². The summed E-state index contributed by atoms with van der Waals surface area (Å²) in [4.78, 5) is 27.9. The Labute approximate surface area is 214 Å². The van der Waals surface area contributed by atoms with Gasteiger partial charge in [0, 0.05) is 0 Å². The van der Waals surface area contributed by atoms with Crippen molar-refractivity contribution in [3.8, 4) is 6.07 Å². The molecule has 0 spiro atoms. The quantitative estimate of drug-likeness (QED) is 0.456. The van der Waals surface area contributed by atoms with Gasteiger partial charge in [0.25, 0.3) is 0 Å². The van der Waals surface area contributed by atoms with E-state index in [0.717, 1.165) is 0 Å². The van der Waals surface area contributed by atoms with E-state index in [9.17, 15) is 14.9 Å². The summed E-state index contributed by atoms with van der Waals surface area (Å²) >= 11 is 0. The zero-order valence-electron chi connectivity index (χ0n) is 20.6. The molecule has 1 aliphatic heterocycles. The molecule has 0 saturated carbocycles. The number of benzene rings is 2. The topological polar surface area (TPSA) is 131 Å². The molecule has 0 radical (unpaired) electrons. The molecule has 0 amide bonds. The van der Waals surface area contributed by atoms with E-state index >= 15 is 0 Å². The molecule has 9 heteroatoms. The molecule has 1 aliphatic rings. The van der Waals surface area contributed by atoms with E-state index in [1.165, 1.54) is 19.1 Å². The molecule has 0 fully saturated rings. The summed E-state index contributed by atoms with van der Waals surface area (Å²) in [6, 6.07) is 21.5. The molecule has 37 heavy (non-hydrogen) atoms. The molecule has 0 aliphatic carbocycles. The van der Waals surface area contributed by atoms with Crippen LogP contribution in [-0.2, 0) is 19.1 Å². The summed E-state index contributed by atoms with van der Waals surface area (Å²) in [7, 11) is 2.42. The fraction of sp³-hybridized carbons (Fsp3) is 0.179. The summed E-state index contributed by atoms with van der Waals surface area (Å²) in [6.45, 7) is 1.91. The van der Waals surface area contributed by atoms with Crippen molar-refractivity contribution in [3.63, 3.8) is 0 Å². The lowest BCUT2D eigenvalue weighted by molar-refractivity contribution is -0.139. The number of carbonyl (C=O) groups excluding carboxylic acids is 2. The Morgan fingerprint density at radius 2 is 1.70 bits per heavy atom. The minimum absolute atomic E-state index is 0.00990. The Hall–Kier alpha value is -4.97. The monoisotopic (exact) mass is 498 g/mol. The van der Waals surface area contributed by atoms with Gasteiger partial charge in [0.15, 0.2) is 0 Å². The first kappa shape index (κ1) is 25.1. The lowest BCUT2D eigenvalue weighted by Gasteiger charge is -2.37. The number of furan rings is 1. The Kier molecular flexibility index (Phi) is 7.30. The maximum atomic E-state index is 13.3. The van der Waals surface area contributed by atoms with Gasteiger partial charge in [-0.3, -0.25) is 4.90 Å². The average molecular weight is 499 g/mol. The van der Waals surface area contributed by atoms with Crippen LogP contribution >= 0.6 is 0 Å². The smallest absolute Gasteiger partial charge is 0.355 e. The van der Waals surface area contributed by atoms with Crippen molar-refractivity contribution in [3.05, 3.63) is 107 Å². The van der Waals surface area contributed by atoms with Gasteiger partial charge < -0.3 is 24.9 Å². The van der Waals surface area contributed by atoms with Crippen molar-refractivity contribution in [2.75, 3.05) is 24.4 Å². The number of para-hydroxylation sites is 2. The first-order chi connectivity index (χ1) is 17.9. The molecule has 2 aromatic carbocycles. The number of anilines is 2. The van der Waals surface area contributed by atoms with Gasteiger partial charge in [-0.1, -0.05) is 42.5 Å². The number of nitrogens with two attached hydrogens (primary N) is 1. The zero-order chi connectivity index (χ0) is 26.5. The van der Waals surface area contributed by atoms with E-state index in [2.05, 4.69) is 11.4 Å². The standard InChI is InChI=1S/C28H26N4O5/c1-17(22-14-9-15-37-22)31-20-12-7-8-13-21(20)32-25(28(34)36-3)24(27(33)35-2)23(19(16-29)26(32)30)18-10-5-4-6-11-18/h4-15,17,23,31H,30H2,1-3H3. The molecule has 4 rings (SSSR count). The number of nitrogens with one attached hydrogen (secondary N) is 1. The molecule has 9 nitrogen and oxygen atoms in total. The second-order valence-electron chi connectivity index (χ2n) is 8.23. The van der Waals surface area contributed by atoms with Crippen LogP contribution in [0.1, 0.15) is 30.2 Å². The van der Waals surface area contributed by atoms with Gasteiger partial charge in [0.1, 0.15) is 17.3 Å². The Bertz CT molecular complexity index is 1400. The summed E-state index contributed by atoms with van der Waals surface area (Å²) in [6.07, 6.45) is 1.58. The molecule has 1 aromatic heterocycles. The SMILES string of the molecule is COC(=O)C1=C(C(=O)OC)N(c2ccccc2NC(C)c2ccco2)C(N)=C(C#N)C1c1ccccc1. The van der Waals surface area contributed by atoms with E-state index < -0.39 is 17.9 Å². The van der Waals surface area contributed by atoms with Gasteiger partial charge in [0.2, 0.25) is 0 Å². The molecule has 0 saturated heterocycles. The Morgan fingerprint density at radius 1 is 1.03 bits per heavy atom. The van der Waals surface area contributed by atoms with Crippen molar-refractivity contribution in [1.82, 2.24) is 0 Å². The van der Waals surface area contributed by atoms with E-state index in [4.69, 9.17) is 19.6 Å². The highest BCUT2D eigenvalue weighted by atomic mass is 16.5. The van der Waals surface area contributed by atoms with Crippen LogP contribution in [0, 0.1) is 11.3 Å². The third-order valence-corrected chi connectivity index (χ3v) is 6.10. The first-order valence-electron chi connectivity index (χ1n) is 11.5. The summed E-state index contributed by atoms with van der Waals surface area (Å²) in [5.41, 5.74) is 8.12. The van der Waals surface area contributed by atoms with Crippen molar-refractivity contribution < 1.29 is 23.5 Å². The minimum atomic E-state index is -0.939. The largest absolute Gasteiger partial charge is 0.467 e. The number of carbonyl (C=O) groups is 2. The number of methoxy groups -OCH3 is 2. The van der Waals surface area contributed by atoms with Crippen molar-refractivity contribution >= 4 is 23.3 Å². The van der Waals surface area contributed by atoms with Crippen LogP contribution in [0.2, 0.25) is 0 Å². The minimum Gasteiger partial charge on any atom is -0.467 e. The van der Waals surface area contributed by atoms with Gasteiger partial charge in [-0.05, 0) is 36.8 Å². The van der Waals surface area contributed by atoms with Gasteiger partial charge >= 0.3 is 11.9 Å². The van der Waals surface area contributed by atoms with E-state index in [1.54, 1.807) is 54.8 Å². The normalized spacial score (nSPS) is 16.2. The Balaban J connectivity index is 1.98. The number of rotatable bonds is 7. The van der Waals surface area contributed by atoms with Gasteiger partial charge in [-0.15, -0.1) is 0 Å². The molecule has 188 valence electrons. The zero-order valence-corrected chi connectivity index (χ0v) is 20.6. The number of nitrogens with zero attached hydrogens (tertiary/aromatic N) is 2. The molecule has 2 atom stereocenters. The summed E-state index contributed by atoms with van der Waals surface area (Å²) < 4.78 is 15.7. The van der Waals surface area contributed by atoms with Crippen LogP contribution in [0.3, 0.4) is 0 Å². The molecule has 2 unspecified atom stereocenters. The molecule has 0 bridgehead atoms. The molecule has 3 aromatic rings. The number of nitriles is 1. The van der Waals surface area contributed by atoms with Crippen molar-refractivity contribution in [2.24, 2.45) is 5.73 Å². The lowest BCUT2D eigenvalue weighted by atomic mass is 9.81. The second kappa shape index (κ2) is 10.7. The third kappa shape index (κ3) is 4.65. The predicted molar refractivity (Wildman–Crippen MR) is 137 cm³/mol. The number of hydrogen-bond acceptors (Lipinski definition) is 9. The summed E-state index contributed by atoms with van der Waals surface area (Å²) in [5, 5.41) is 13.6. The fourth-order valence-corrected chi connectivity index (χ4v) is 4.40. The van der Waals surface area contributed by atoms with Crippen LogP contribution in [-0.4, -0.2) is 26.2 Å². The highest BCUT2D eigenvalue weighted by molar-refractivity contribution is 6.07. The fourth-order valence-electron chi connectivity index (χ4n) is 4.40. The number of hydrogen-bond donors (Lipinski definition) is 2.